The predicted molar refractivity (Wildman–Crippen MR) is 71.1 cm³/mol. The van der Waals surface area contributed by atoms with Crippen molar-refractivity contribution < 1.29 is 9.53 Å². The second-order valence-corrected chi connectivity index (χ2v) is 4.78. The van der Waals surface area contributed by atoms with Gasteiger partial charge in [0.2, 0.25) is 0 Å². The molecule has 2 rings (SSSR count). The van der Waals surface area contributed by atoms with Crippen LogP contribution in [0.3, 0.4) is 0 Å². The van der Waals surface area contributed by atoms with Crippen molar-refractivity contribution >= 4 is 32.8 Å². The lowest BCUT2D eigenvalue weighted by Crippen LogP contribution is -2.11. The number of carbonyl (C=O) groups is 1. The van der Waals surface area contributed by atoms with Crippen molar-refractivity contribution in [1.29, 1.82) is 0 Å². The van der Waals surface area contributed by atoms with Crippen LogP contribution in [0.1, 0.15) is 18.4 Å². The van der Waals surface area contributed by atoms with E-state index in [2.05, 4.69) is 15.9 Å². The van der Waals surface area contributed by atoms with Gasteiger partial charge in [-0.05, 0) is 28.9 Å². The summed E-state index contributed by atoms with van der Waals surface area (Å²) in [5.74, 6) is -0.498. The topological polar surface area (TPSA) is 31.2 Å². The average Bonchev–Trinajstić information content (AvgIpc) is 2.61. The van der Waals surface area contributed by atoms with Gasteiger partial charge in [-0.25, -0.2) is 0 Å². The Morgan fingerprint density at radius 3 is 2.71 bits per heavy atom. The summed E-state index contributed by atoms with van der Waals surface area (Å²) >= 11 is 3.55. The Morgan fingerprint density at radius 1 is 1.41 bits per heavy atom. The lowest BCUT2D eigenvalue weighted by atomic mass is 10.0. The first-order valence-corrected chi connectivity index (χ1v) is 6.17. The molecule has 17 heavy (non-hydrogen) atoms. The van der Waals surface area contributed by atoms with E-state index in [1.807, 2.05) is 42.8 Å². The van der Waals surface area contributed by atoms with Crippen molar-refractivity contribution in [2.45, 2.75) is 12.8 Å². The Bertz CT molecular complexity index is 574. The third-order valence-electron chi connectivity index (χ3n) is 3.06. The van der Waals surface area contributed by atoms with E-state index in [9.17, 15) is 4.79 Å². The van der Waals surface area contributed by atoms with Crippen LogP contribution < -0.4 is 0 Å². The fraction of sp³-hybridized carbons (Fsp3) is 0.308. The Kier molecular flexibility index (Phi) is 3.24. The summed E-state index contributed by atoms with van der Waals surface area (Å²) in [4.78, 5) is 11.7. The van der Waals surface area contributed by atoms with Crippen LogP contribution in [0.4, 0.5) is 0 Å². The molecule has 1 atom stereocenters. The molecule has 1 aromatic carbocycles. The standard InChI is InChI=1S/C13H14BrNO2/c1-8(13(16)17-3)11-9-6-4-5-7-10(9)15(2)12(11)14/h4-8H,1-3H3. The van der Waals surface area contributed by atoms with E-state index in [0.717, 1.165) is 21.1 Å². The summed E-state index contributed by atoms with van der Waals surface area (Å²) in [5.41, 5.74) is 2.08. The maximum absolute atomic E-state index is 11.7. The molecule has 2 aromatic rings. The number of ether oxygens (including phenoxy) is 1. The van der Waals surface area contributed by atoms with Gasteiger partial charge in [0.05, 0.1) is 17.6 Å². The van der Waals surface area contributed by atoms with Crippen LogP contribution in [0, 0.1) is 0 Å². The lowest BCUT2D eigenvalue weighted by molar-refractivity contribution is -0.141. The third-order valence-corrected chi connectivity index (χ3v) is 4.02. The van der Waals surface area contributed by atoms with Crippen molar-refractivity contribution in [2.75, 3.05) is 7.11 Å². The number of esters is 1. The molecule has 0 saturated heterocycles. The van der Waals surface area contributed by atoms with Gasteiger partial charge in [0.15, 0.2) is 0 Å². The van der Waals surface area contributed by atoms with Crippen molar-refractivity contribution in [3.05, 3.63) is 34.4 Å². The molecule has 0 N–H and O–H groups in total. The molecule has 1 heterocycles. The highest BCUT2D eigenvalue weighted by molar-refractivity contribution is 9.10. The number of hydrogen-bond acceptors (Lipinski definition) is 2. The van der Waals surface area contributed by atoms with E-state index in [-0.39, 0.29) is 11.9 Å². The summed E-state index contributed by atoms with van der Waals surface area (Å²) in [6.45, 7) is 1.86. The van der Waals surface area contributed by atoms with Crippen LogP contribution in [0.5, 0.6) is 0 Å². The molecule has 0 fully saturated rings. The zero-order valence-electron chi connectivity index (χ0n) is 10.0. The van der Waals surface area contributed by atoms with E-state index < -0.39 is 0 Å². The van der Waals surface area contributed by atoms with Crippen LogP contribution in [0.2, 0.25) is 0 Å². The van der Waals surface area contributed by atoms with E-state index in [0.29, 0.717) is 0 Å². The minimum atomic E-state index is -0.277. The van der Waals surface area contributed by atoms with E-state index in [4.69, 9.17) is 4.74 Å². The second kappa shape index (κ2) is 4.53. The number of fused-ring (bicyclic) bond motifs is 1. The molecule has 0 saturated carbocycles. The quantitative estimate of drug-likeness (QED) is 0.797. The minimum absolute atomic E-state index is 0.220. The molecular weight excluding hydrogens is 282 g/mol. The minimum Gasteiger partial charge on any atom is -0.469 e. The number of halogens is 1. The van der Waals surface area contributed by atoms with E-state index in [1.165, 1.54) is 7.11 Å². The average molecular weight is 296 g/mol. The van der Waals surface area contributed by atoms with Crippen LogP contribution in [-0.4, -0.2) is 17.6 Å². The Hall–Kier alpha value is -1.29. The largest absolute Gasteiger partial charge is 0.469 e. The molecule has 90 valence electrons. The number of para-hydroxylation sites is 1. The zero-order chi connectivity index (χ0) is 12.6. The SMILES string of the molecule is COC(=O)C(C)c1c(Br)n(C)c2ccccc12. The number of nitrogens with zero attached hydrogens (tertiary/aromatic N) is 1. The second-order valence-electron chi connectivity index (χ2n) is 4.03. The van der Waals surface area contributed by atoms with Gasteiger partial charge in [-0.1, -0.05) is 18.2 Å². The van der Waals surface area contributed by atoms with Crippen molar-refractivity contribution in [3.8, 4) is 0 Å². The number of benzene rings is 1. The van der Waals surface area contributed by atoms with Crippen molar-refractivity contribution in [1.82, 2.24) is 4.57 Å². The molecule has 0 bridgehead atoms. The number of aryl methyl sites for hydroxylation is 1. The zero-order valence-corrected chi connectivity index (χ0v) is 11.6. The number of carbonyl (C=O) groups excluding carboxylic acids is 1. The van der Waals surface area contributed by atoms with Gasteiger partial charge in [0, 0.05) is 23.5 Å². The molecule has 3 nitrogen and oxygen atoms in total. The summed E-state index contributed by atoms with van der Waals surface area (Å²) < 4.78 is 7.77. The first kappa shape index (κ1) is 12.2. The number of hydrogen-bond donors (Lipinski definition) is 0. The fourth-order valence-electron chi connectivity index (χ4n) is 2.10. The highest BCUT2D eigenvalue weighted by atomic mass is 79.9. The first-order chi connectivity index (χ1) is 8.07. The monoisotopic (exact) mass is 295 g/mol. The normalized spacial score (nSPS) is 12.7. The van der Waals surface area contributed by atoms with Gasteiger partial charge in [-0.3, -0.25) is 4.79 Å². The van der Waals surface area contributed by atoms with Gasteiger partial charge >= 0.3 is 5.97 Å². The van der Waals surface area contributed by atoms with Crippen LogP contribution in [0.25, 0.3) is 10.9 Å². The molecule has 0 radical (unpaired) electrons. The molecule has 1 unspecified atom stereocenters. The molecule has 0 spiro atoms. The molecule has 1 aromatic heterocycles. The lowest BCUT2D eigenvalue weighted by Gasteiger charge is -2.09. The van der Waals surface area contributed by atoms with E-state index >= 15 is 0 Å². The van der Waals surface area contributed by atoms with Crippen molar-refractivity contribution in [2.24, 2.45) is 7.05 Å². The molecule has 4 heteroatoms. The summed E-state index contributed by atoms with van der Waals surface area (Å²) in [6.07, 6.45) is 0. The molecule has 0 amide bonds. The number of rotatable bonds is 2. The summed E-state index contributed by atoms with van der Waals surface area (Å²) in [7, 11) is 3.39. The summed E-state index contributed by atoms with van der Waals surface area (Å²) in [6, 6.07) is 8.02. The maximum atomic E-state index is 11.7. The molecule has 0 aliphatic carbocycles. The number of methoxy groups -OCH3 is 1. The van der Waals surface area contributed by atoms with Crippen LogP contribution >= 0.6 is 15.9 Å². The van der Waals surface area contributed by atoms with Crippen LogP contribution in [0.15, 0.2) is 28.9 Å². The van der Waals surface area contributed by atoms with Crippen LogP contribution in [-0.2, 0) is 16.6 Å². The molecular formula is C13H14BrNO2. The van der Waals surface area contributed by atoms with E-state index in [1.54, 1.807) is 0 Å². The molecule has 0 aliphatic rings. The van der Waals surface area contributed by atoms with Gasteiger partial charge in [0.1, 0.15) is 0 Å². The van der Waals surface area contributed by atoms with Gasteiger partial charge < -0.3 is 9.30 Å². The summed E-state index contributed by atoms with van der Waals surface area (Å²) in [5, 5.41) is 1.08. The highest BCUT2D eigenvalue weighted by Crippen LogP contribution is 2.35. The smallest absolute Gasteiger partial charge is 0.312 e. The predicted octanol–water partition coefficient (Wildman–Crippen LogP) is 3.22. The van der Waals surface area contributed by atoms with Gasteiger partial charge in [0.25, 0.3) is 0 Å². The highest BCUT2D eigenvalue weighted by Gasteiger charge is 2.23. The first-order valence-electron chi connectivity index (χ1n) is 5.38. The molecule has 0 aliphatic heterocycles. The van der Waals surface area contributed by atoms with Crippen molar-refractivity contribution in [3.63, 3.8) is 0 Å². The van der Waals surface area contributed by atoms with Gasteiger partial charge in [-0.2, -0.15) is 0 Å². The Balaban J connectivity index is 2.69. The Labute approximate surface area is 108 Å². The maximum Gasteiger partial charge on any atom is 0.312 e. The third kappa shape index (κ3) is 1.86. The van der Waals surface area contributed by atoms with Gasteiger partial charge in [-0.15, -0.1) is 0 Å². The Morgan fingerprint density at radius 2 is 2.06 bits per heavy atom. The fourth-order valence-corrected chi connectivity index (χ4v) is 2.85. The number of aromatic nitrogens is 1.